The first-order valence-electron chi connectivity index (χ1n) is 7.48. The fourth-order valence-electron chi connectivity index (χ4n) is 2.96. The number of nitrogens with zero attached hydrogens (tertiary/aromatic N) is 5. The van der Waals surface area contributed by atoms with E-state index in [-0.39, 0.29) is 0 Å². The predicted octanol–water partition coefficient (Wildman–Crippen LogP) is 3.04. The summed E-state index contributed by atoms with van der Waals surface area (Å²) in [5.41, 5.74) is 4.00. The number of hydrogen-bond donors (Lipinski definition) is 0. The van der Waals surface area contributed by atoms with Crippen molar-refractivity contribution in [2.45, 2.75) is 19.4 Å². The van der Waals surface area contributed by atoms with Gasteiger partial charge in [0, 0.05) is 17.1 Å². The summed E-state index contributed by atoms with van der Waals surface area (Å²) in [4.78, 5) is 2.46. The molecule has 0 bridgehead atoms. The first-order valence-corrected chi connectivity index (χ1v) is 7.86. The number of hydrogen-bond acceptors (Lipinski definition) is 4. The van der Waals surface area contributed by atoms with Gasteiger partial charge in [-0.3, -0.25) is 4.90 Å². The molecule has 0 spiro atoms. The molecule has 1 aromatic carbocycles. The van der Waals surface area contributed by atoms with Crippen LogP contribution in [0.15, 0.2) is 36.7 Å². The normalized spacial score (nSPS) is 15.7. The highest BCUT2D eigenvalue weighted by Gasteiger charge is 2.17. The summed E-state index contributed by atoms with van der Waals surface area (Å²) in [6.45, 7) is 3.20. The van der Waals surface area contributed by atoms with Crippen LogP contribution in [0.3, 0.4) is 0 Å². The lowest BCUT2D eigenvalue weighted by molar-refractivity contribution is 0.331. The molecule has 1 fully saturated rings. The molecule has 4 rings (SSSR count). The Balaban J connectivity index is 1.80. The molecule has 22 heavy (non-hydrogen) atoms. The SMILES string of the molecule is Clc1ccc(-c2nn3cnnc3cc2CN2CCCC2)cc1. The van der Waals surface area contributed by atoms with Crippen molar-refractivity contribution in [1.82, 2.24) is 24.7 Å². The van der Waals surface area contributed by atoms with Crippen molar-refractivity contribution in [3.63, 3.8) is 0 Å². The van der Waals surface area contributed by atoms with E-state index in [1.165, 1.54) is 18.4 Å². The summed E-state index contributed by atoms with van der Waals surface area (Å²) in [5, 5.41) is 13.5. The summed E-state index contributed by atoms with van der Waals surface area (Å²) >= 11 is 6.00. The van der Waals surface area contributed by atoms with Crippen LogP contribution in [-0.2, 0) is 6.54 Å². The molecule has 1 saturated heterocycles. The molecule has 112 valence electrons. The second kappa shape index (κ2) is 5.66. The number of aromatic nitrogens is 4. The summed E-state index contributed by atoms with van der Waals surface area (Å²) in [6.07, 6.45) is 4.18. The fourth-order valence-corrected chi connectivity index (χ4v) is 3.09. The Hall–Kier alpha value is -1.98. The lowest BCUT2D eigenvalue weighted by Crippen LogP contribution is -2.19. The standard InChI is InChI=1S/C16H16ClN5/c17-14-5-3-12(4-6-14)16-13(10-21-7-1-2-8-21)9-15-19-18-11-22(15)20-16/h3-6,9,11H,1-2,7-8,10H2. The lowest BCUT2D eigenvalue weighted by atomic mass is 10.1. The van der Waals surface area contributed by atoms with E-state index in [1.807, 2.05) is 24.3 Å². The number of rotatable bonds is 3. The third-order valence-electron chi connectivity index (χ3n) is 4.08. The molecule has 0 N–H and O–H groups in total. The van der Waals surface area contributed by atoms with Gasteiger partial charge < -0.3 is 0 Å². The van der Waals surface area contributed by atoms with Crippen molar-refractivity contribution < 1.29 is 0 Å². The topological polar surface area (TPSA) is 46.3 Å². The first-order chi connectivity index (χ1) is 10.8. The van der Waals surface area contributed by atoms with Crippen molar-refractivity contribution in [3.8, 4) is 11.3 Å². The molecule has 1 aliphatic heterocycles. The van der Waals surface area contributed by atoms with Gasteiger partial charge in [-0.1, -0.05) is 23.7 Å². The largest absolute Gasteiger partial charge is 0.299 e. The summed E-state index contributed by atoms with van der Waals surface area (Å²) < 4.78 is 1.72. The molecular formula is C16H16ClN5. The molecule has 0 saturated carbocycles. The number of likely N-dealkylation sites (tertiary alicyclic amines) is 1. The van der Waals surface area contributed by atoms with Crippen molar-refractivity contribution in [3.05, 3.63) is 47.2 Å². The Bertz CT molecular complexity index is 790. The molecule has 3 aromatic rings. The molecule has 0 atom stereocenters. The maximum atomic E-state index is 6.00. The molecule has 5 nitrogen and oxygen atoms in total. The maximum Gasteiger partial charge on any atom is 0.177 e. The first kappa shape index (κ1) is 13.7. The van der Waals surface area contributed by atoms with Crippen LogP contribution in [0, 0.1) is 0 Å². The third kappa shape index (κ3) is 2.58. The van der Waals surface area contributed by atoms with Gasteiger partial charge in [0.2, 0.25) is 0 Å². The van der Waals surface area contributed by atoms with E-state index in [1.54, 1.807) is 10.8 Å². The highest BCUT2D eigenvalue weighted by atomic mass is 35.5. The van der Waals surface area contributed by atoms with Gasteiger partial charge in [0.15, 0.2) is 5.65 Å². The Morgan fingerprint density at radius 3 is 2.64 bits per heavy atom. The molecule has 0 aliphatic carbocycles. The van der Waals surface area contributed by atoms with Gasteiger partial charge in [0.1, 0.15) is 6.33 Å². The highest BCUT2D eigenvalue weighted by molar-refractivity contribution is 6.30. The van der Waals surface area contributed by atoms with Crippen LogP contribution in [0.2, 0.25) is 5.02 Å². The minimum absolute atomic E-state index is 0.732. The van der Waals surface area contributed by atoms with Crippen molar-refractivity contribution in [2.24, 2.45) is 0 Å². The van der Waals surface area contributed by atoms with Crippen LogP contribution < -0.4 is 0 Å². The summed E-state index contributed by atoms with van der Waals surface area (Å²) in [5.74, 6) is 0. The number of benzene rings is 1. The second-order valence-electron chi connectivity index (χ2n) is 5.64. The Morgan fingerprint density at radius 2 is 1.86 bits per heavy atom. The summed E-state index contributed by atoms with van der Waals surface area (Å²) in [7, 11) is 0. The van der Waals surface area contributed by atoms with E-state index < -0.39 is 0 Å². The van der Waals surface area contributed by atoms with Gasteiger partial charge in [-0.05, 0) is 49.7 Å². The van der Waals surface area contributed by atoms with Crippen molar-refractivity contribution in [1.29, 1.82) is 0 Å². The van der Waals surface area contributed by atoms with E-state index in [2.05, 4.69) is 21.2 Å². The molecule has 0 amide bonds. The summed E-state index contributed by atoms with van der Waals surface area (Å²) in [6, 6.07) is 9.90. The predicted molar refractivity (Wildman–Crippen MR) is 85.7 cm³/mol. The monoisotopic (exact) mass is 313 g/mol. The average molecular weight is 314 g/mol. The Kier molecular flexibility index (Phi) is 3.52. The van der Waals surface area contributed by atoms with Crippen molar-refractivity contribution >= 4 is 17.2 Å². The van der Waals surface area contributed by atoms with E-state index in [0.717, 1.165) is 41.6 Å². The number of halogens is 1. The van der Waals surface area contributed by atoms with Gasteiger partial charge in [-0.2, -0.15) is 9.61 Å². The maximum absolute atomic E-state index is 6.00. The molecule has 1 aliphatic rings. The smallest absolute Gasteiger partial charge is 0.177 e. The van der Waals surface area contributed by atoms with Crippen molar-refractivity contribution in [2.75, 3.05) is 13.1 Å². The van der Waals surface area contributed by atoms with E-state index in [9.17, 15) is 0 Å². The average Bonchev–Trinajstić information content (AvgIpc) is 3.18. The van der Waals surface area contributed by atoms with Crippen LogP contribution in [0.1, 0.15) is 18.4 Å². The zero-order valence-corrected chi connectivity index (χ0v) is 12.9. The van der Waals surface area contributed by atoms with E-state index in [4.69, 9.17) is 16.7 Å². The lowest BCUT2D eigenvalue weighted by Gasteiger charge is -2.17. The minimum Gasteiger partial charge on any atom is -0.299 e. The quantitative estimate of drug-likeness (QED) is 0.745. The van der Waals surface area contributed by atoms with Crippen LogP contribution in [0.5, 0.6) is 0 Å². The van der Waals surface area contributed by atoms with Gasteiger partial charge in [-0.15, -0.1) is 10.2 Å². The Morgan fingerprint density at radius 1 is 1.09 bits per heavy atom. The zero-order chi connectivity index (χ0) is 14.9. The van der Waals surface area contributed by atoms with Gasteiger partial charge in [-0.25, -0.2) is 0 Å². The molecule has 3 heterocycles. The number of fused-ring (bicyclic) bond motifs is 1. The molecular weight excluding hydrogens is 298 g/mol. The van der Waals surface area contributed by atoms with E-state index in [0.29, 0.717) is 0 Å². The molecule has 6 heteroatoms. The molecule has 0 unspecified atom stereocenters. The molecule has 0 radical (unpaired) electrons. The second-order valence-corrected chi connectivity index (χ2v) is 6.08. The van der Waals surface area contributed by atoms with Crippen LogP contribution >= 0.6 is 11.6 Å². The van der Waals surface area contributed by atoms with Crippen LogP contribution in [-0.4, -0.2) is 37.8 Å². The van der Waals surface area contributed by atoms with Crippen LogP contribution in [0.4, 0.5) is 0 Å². The molecule has 2 aromatic heterocycles. The highest BCUT2D eigenvalue weighted by Crippen LogP contribution is 2.26. The van der Waals surface area contributed by atoms with E-state index >= 15 is 0 Å². The third-order valence-corrected chi connectivity index (χ3v) is 4.33. The fraction of sp³-hybridized carbons (Fsp3) is 0.312. The van der Waals surface area contributed by atoms with Gasteiger partial charge >= 0.3 is 0 Å². The van der Waals surface area contributed by atoms with Crippen LogP contribution in [0.25, 0.3) is 16.9 Å². The van der Waals surface area contributed by atoms with Gasteiger partial charge in [0.05, 0.1) is 5.69 Å². The van der Waals surface area contributed by atoms with Gasteiger partial charge in [0.25, 0.3) is 0 Å². The Labute approximate surface area is 133 Å². The minimum atomic E-state index is 0.732. The zero-order valence-electron chi connectivity index (χ0n) is 12.1.